The van der Waals surface area contributed by atoms with Crippen LogP contribution in [0, 0.1) is 13.8 Å². The van der Waals surface area contributed by atoms with Crippen molar-refractivity contribution >= 4 is 39.2 Å². The highest BCUT2D eigenvalue weighted by Gasteiger charge is 2.24. The first-order chi connectivity index (χ1) is 15.0. The summed E-state index contributed by atoms with van der Waals surface area (Å²) in [6.07, 6.45) is 0. The molecule has 0 atom stereocenters. The van der Waals surface area contributed by atoms with Crippen molar-refractivity contribution in [1.82, 2.24) is 4.31 Å². The monoisotopic (exact) mass is 482 g/mol. The number of anilines is 1. The Labute approximate surface area is 193 Å². The van der Waals surface area contributed by atoms with E-state index in [0.717, 1.165) is 5.56 Å². The largest absolute Gasteiger partial charge is 0.495 e. The summed E-state index contributed by atoms with van der Waals surface area (Å²) in [7, 11) is -2.30. The molecule has 32 heavy (non-hydrogen) atoms. The van der Waals surface area contributed by atoms with Gasteiger partial charge in [-0.3, -0.25) is 4.79 Å². The predicted octanol–water partition coefficient (Wildman–Crippen LogP) is 3.79. The molecule has 2 aromatic carbocycles. The normalized spacial score (nSPS) is 11.3. The van der Waals surface area contributed by atoms with Crippen molar-refractivity contribution in [3.8, 4) is 5.75 Å². The third-order valence-electron chi connectivity index (χ3n) is 4.86. The number of rotatable bonds is 9. The van der Waals surface area contributed by atoms with E-state index >= 15 is 0 Å². The molecule has 0 unspecified atom stereocenters. The number of sulfonamides is 1. The Balaban J connectivity index is 2.15. The van der Waals surface area contributed by atoms with Crippen molar-refractivity contribution in [3.05, 3.63) is 52.0 Å². The van der Waals surface area contributed by atoms with Crippen LogP contribution >= 0.6 is 11.6 Å². The molecule has 0 bridgehead atoms. The zero-order valence-electron chi connectivity index (χ0n) is 18.7. The van der Waals surface area contributed by atoms with E-state index in [9.17, 15) is 18.0 Å². The van der Waals surface area contributed by atoms with Crippen molar-refractivity contribution in [1.29, 1.82) is 0 Å². The second kappa shape index (κ2) is 10.8. The van der Waals surface area contributed by atoms with E-state index in [2.05, 4.69) is 5.32 Å². The summed E-state index contributed by atoms with van der Waals surface area (Å²) in [6, 6.07) is 7.47. The fourth-order valence-corrected chi connectivity index (χ4v) is 4.66. The number of nitrogens with one attached hydrogen (secondary N) is 1. The van der Waals surface area contributed by atoms with Crippen LogP contribution in [0.4, 0.5) is 5.69 Å². The van der Waals surface area contributed by atoms with Gasteiger partial charge in [0.25, 0.3) is 5.91 Å². The molecule has 0 saturated carbocycles. The first kappa shape index (κ1) is 25.6. The van der Waals surface area contributed by atoms with Gasteiger partial charge in [-0.05, 0) is 43.2 Å². The first-order valence-electron chi connectivity index (χ1n) is 9.97. The number of amides is 1. The molecule has 0 aromatic heterocycles. The van der Waals surface area contributed by atoms with Crippen molar-refractivity contribution in [2.45, 2.75) is 32.6 Å². The SMILES string of the molecule is CCN(CC)S(=O)(=O)c1ccc(C)c(C(=O)OCC(=O)Nc2cc(C)c(Cl)cc2OC)c1. The van der Waals surface area contributed by atoms with Crippen LogP contribution in [0.1, 0.15) is 35.3 Å². The van der Waals surface area contributed by atoms with Gasteiger partial charge in [0.05, 0.1) is 23.3 Å². The number of carbonyl (C=O) groups is 2. The highest BCUT2D eigenvalue weighted by molar-refractivity contribution is 7.89. The molecule has 0 aliphatic heterocycles. The first-order valence-corrected chi connectivity index (χ1v) is 11.8. The van der Waals surface area contributed by atoms with Crippen LogP contribution < -0.4 is 10.1 Å². The van der Waals surface area contributed by atoms with E-state index in [1.807, 2.05) is 0 Å². The van der Waals surface area contributed by atoms with Gasteiger partial charge in [0.1, 0.15) is 5.75 Å². The van der Waals surface area contributed by atoms with E-state index < -0.39 is 28.5 Å². The number of aryl methyl sites for hydroxylation is 2. The number of ether oxygens (including phenoxy) is 2. The highest BCUT2D eigenvalue weighted by atomic mass is 35.5. The summed E-state index contributed by atoms with van der Waals surface area (Å²) in [5, 5.41) is 3.10. The van der Waals surface area contributed by atoms with Gasteiger partial charge in [-0.2, -0.15) is 4.31 Å². The van der Waals surface area contributed by atoms with Gasteiger partial charge >= 0.3 is 5.97 Å². The Kier molecular flexibility index (Phi) is 8.65. The Morgan fingerprint density at radius 1 is 1.06 bits per heavy atom. The van der Waals surface area contributed by atoms with Crippen LogP contribution in [-0.4, -0.2) is 51.4 Å². The van der Waals surface area contributed by atoms with Gasteiger partial charge in [0, 0.05) is 24.2 Å². The number of hydrogen-bond donors (Lipinski definition) is 1. The van der Waals surface area contributed by atoms with Crippen LogP contribution in [0.2, 0.25) is 5.02 Å². The molecule has 10 heteroatoms. The summed E-state index contributed by atoms with van der Waals surface area (Å²) in [4.78, 5) is 24.9. The molecule has 0 fully saturated rings. The summed E-state index contributed by atoms with van der Waals surface area (Å²) in [6.45, 7) is 6.96. The Morgan fingerprint density at radius 2 is 1.72 bits per heavy atom. The molecule has 0 aliphatic carbocycles. The van der Waals surface area contributed by atoms with Gasteiger partial charge in [-0.25, -0.2) is 13.2 Å². The fraction of sp³-hybridized carbons (Fsp3) is 0.364. The average Bonchev–Trinajstić information content (AvgIpc) is 2.75. The number of carbonyl (C=O) groups excluding carboxylic acids is 2. The lowest BCUT2D eigenvalue weighted by Crippen LogP contribution is -2.30. The molecule has 0 saturated heterocycles. The second-order valence-electron chi connectivity index (χ2n) is 6.99. The molecule has 174 valence electrons. The summed E-state index contributed by atoms with van der Waals surface area (Å²) >= 11 is 6.06. The van der Waals surface area contributed by atoms with Crippen LogP contribution in [-0.2, 0) is 19.6 Å². The molecule has 0 heterocycles. The molecule has 1 N–H and O–H groups in total. The zero-order chi connectivity index (χ0) is 24.1. The minimum absolute atomic E-state index is 0.00965. The molecular weight excluding hydrogens is 456 g/mol. The number of nitrogens with zero attached hydrogens (tertiary/aromatic N) is 1. The Morgan fingerprint density at radius 3 is 2.31 bits per heavy atom. The molecular formula is C22H27ClN2O6S. The van der Waals surface area contributed by atoms with Crippen LogP contribution in [0.25, 0.3) is 0 Å². The summed E-state index contributed by atoms with van der Waals surface area (Å²) in [5.41, 5.74) is 1.73. The summed E-state index contributed by atoms with van der Waals surface area (Å²) in [5.74, 6) is -1.01. The van der Waals surface area contributed by atoms with E-state index in [0.29, 0.717) is 35.1 Å². The van der Waals surface area contributed by atoms with Crippen molar-refractivity contribution in [2.75, 3.05) is 32.1 Å². The van der Waals surface area contributed by atoms with Crippen LogP contribution in [0.15, 0.2) is 35.2 Å². The van der Waals surface area contributed by atoms with E-state index in [-0.39, 0.29) is 10.5 Å². The number of esters is 1. The van der Waals surface area contributed by atoms with E-state index in [1.165, 1.54) is 29.6 Å². The number of methoxy groups -OCH3 is 1. The molecule has 2 rings (SSSR count). The minimum Gasteiger partial charge on any atom is -0.495 e. The van der Waals surface area contributed by atoms with Gasteiger partial charge in [0.15, 0.2) is 6.61 Å². The van der Waals surface area contributed by atoms with Gasteiger partial charge in [0.2, 0.25) is 10.0 Å². The third-order valence-corrected chi connectivity index (χ3v) is 7.31. The van der Waals surface area contributed by atoms with Gasteiger partial charge in [-0.1, -0.05) is 31.5 Å². The number of benzene rings is 2. The Bertz CT molecular complexity index is 1110. The lowest BCUT2D eigenvalue weighted by molar-refractivity contribution is -0.119. The topological polar surface area (TPSA) is 102 Å². The summed E-state index contributed by atoms with van der Waals surface area (Å²) < 4.78 is 37.1. The Hall–Kier alpha value is -2.62. The van der Waals surface area contributed by atoms with Crippen LogP contribution in [0.3, 0.4) is 0 Å². The maximum Gasteiger partial charge on any atom is 0.338 e. The maximum atomic E-state index is 12.8. The minimum atomic E-state index is -3.74. The van der Waals surface area contributed by atoms with Crippen molar-refractivity contribution in [2.24, 2.45) is 0 Å². The maximum absolute atomic E-state index is 12.8. The molecule has 0 spiro atoms. The predicted molar refractivity (Wildman–Crippen MR) is 123 cm³/mol. The van der Waals surface area contributed by atoms with Crippen molar-refractivity contribution < 1.29 is 27.5 Å². The van der Waals surface area contributed by atoms with Crippen LogP contribution in [0.5, 0.6) is 5.75 Å². The standard InChI is InChI=1S/C22H27ClN2O6S/c1-6-25(7-2)32(28,29)16-9-8-14(3)17(11-16)22(27)31-13-21(26)24-19-10-15(4)18(23)12-20(19)30-5/h8-12H,6-7,13H2,1-5H3,(H,24,26). The average molecular weight is 483 g/mol. The quantitative estimate of drug-likeness (QED) is 0.545. The molecule has 1 amide bonds. The lowest BCUT2D eigenvalue weighted by Gasteiger charge is -2.19. The molecule has 2 aromatic rings. The van der Waals surface area contributed by atoms with E-state index in [4.69, 9.17) is 21.1 Å². The number of halogens is 1. The molecule has 0 radical (unpaired) electrons. The molecule has 8 nitrogen and oxygen atoms in total. The molecule has 0 aliphatic rings. The number of hydrogen-bond acceptors (Lipinski definition) is 6. The smallest absolute Gasteiger partial charge is 0.338 e. The second-order valence-corrected chi connectivity index (χ2v) is 9.34. The lowest BCUT2D eigenvalue weighted by atomic mass is 10.1. The third kappa shape index (κ3) is 5.79. The van der Waals surface area contributed by atoms with Crippen molar-refractivity contribution in [3.63, 3.8) is 0 Å². The fourth-order valence-electron chi connectivity index (χ4n) is 3.02. The van der Waals surface area contributed by atoms with E-state index in [1.54, 1.807) is 39.8 Å². The zero-order valence-corrected chi connectivity index (χ0v) is 20.3. The van der Waals surface area contributed by atoms with Gasteiger partial charge in [-0.15, -0.1) is 0 Å². The van der Waals surface area contributed by atoms with Gasteiger partial charge < -0.3 is 14.8 Å². The highest BCUT2D eigenvalue weighted by Crippen LogP contribution is 2.31.